The summed E-state index contributed by atoms with van der Waals surface area (Å²) in [7, 11) is -3.97. The Balaban J connectivity index is 1.81. The Hall–Kier alpha value is -2.06. The van der Waals surface area contributed by atoms with E-state index in [1.54, 1.807) is 0 Å². The number of ether oxygens (including phenoxy) is 1. The van der Waals surface area contributed by atoms with Crippen LogP contribution in [-0.4, -0.2) is 22.6 Å². The molecule has 0 amide bonds. The lowest BCUT2D eigenvalue weighted by Crippen LogP contribution is -2.44. The first-order valence-corrected chi connectivity index (χ1v) is 17.6. The Kier molecular flexibility index (Phi) is 6.68. The number of hydrogen-bond acceptors (Lipinski definition) is 4. The second-order valence-corrected chi connectivity index (χ2v) is 21.6. The summed E-state index contributed by atoms with van der Waals surface area (Å²) in [5.41, 5.74) is 2.54. The quantitative estimate of drug-likeness (QED) is 0.319. The van der Waals surface area contributed by atoms with E-state index < -0.39 is 16.6 Å². The second kappa shape index (κ2) is 8.62. The van der Waals surface area contributed by atoms with Crippen LogP contribution in [0.3, 0.4) is 0 Å². The van der Waals surface area contributed by atoms with Gasteiger partial charge in [-0.25, -0.2) is 4.79 Å². The zero-order valence-electron chi connectivity index (χ0n) is 22.0. The van der Waals surface area contributed by atoms with Crippen molar-refractivity contribution in [2.75, 3.05) is 0 Å². The number of esters is 1. The fourth-order valence-corrected chi connectivity index (χ4v) is 5.36. The van der Waals surface area contributed by atoms with Crippen molar-refractivity contribution in [3.05, 3.63) is 59.2 Å². The molecule has 33 heavy (non-hydrogen) atoms. The molecule has 1 aliphatic rings. The largest absolute Gasteiger partial charge is 0.544 e. The topological polar surface area (TPSA) is 44.8 Å². The molecule has 3 rings (SSSR count). The molecule has 0 saturated heterocycles. The number of carbonyl (C=O) groups excluding carboxylic acids is 1. The maximum absolute atomic E-state index is 13.1. The van der Waals surface area contributed by atoms with Crippen molar-refractivity contribution in [2.45, 2.75) is 90.3 Å². The molecule has 0 bridgehead atoms. The Morgan fingerprint density at radius 2 is 1.36 bits per heavy atom. The van der Waals surface area contributed by atoms with E-state index in [1.165, 1.54) is 0 Å². The van der Waals surface area contributed by atoms with Gasteiger partial charge in [-0.3, -0.25) is 0 Å². The van der Waals surface area contributed by atoms with Gasteiger partial charge in [0.1, 0.15) is 23.2 Å². The molecule has 0 N–H and O–H groups in total. The predicted molar refractivity (Wildman–Crippen MR) is 140 cm³/mol. The molecule has 0 aromatic heterocycles. The molecule has 2 aromatic carbocycles. The second-order valence-electron chi connectivity index (χ2n) is 12.2. The summed E-state index contributed by atoms with van der Waals surface area (Å²) in [5, 5.41) is 0.184. The lowest BCUT2D eigenvalue weighted by Gasteiger charge is -2.37. The van der Waals surface area contributed by atoms with Gasteiger partial charge in [0, 0.05) is 6.42 Å². The molecule has 1 aliphatic heterocycles. The molecular formula is C27H40O4Si2. The predicted octanol–water partition coefficient (Wildman–Crippen LogP) is 7.91. The highest BCUT2D eigenvalue weighted by Crippen LogP contribution is 2.42. The number of cyclic esters (lactones) is 1. The third-order valence-corrected chi connectivity index (χ3v) is 16.3. The average Bonchev–Trinajstić information content (AvgIpc) is 2.66. The van der Waals surface area contributed by atoms with Crippen LogP contribution in [-0.2, 0) is 11.2 Å². The molecule has 6 heteroatoms. The van der Waals surface area contributed by atoms with Crippen LogP contribution in [0.5, 0.6) is 11.5 Å². The van der Waals surface area contributed by atoms with Gasteiger partial charge in [0.15, 0.2) is 0 Å². The van der Waals surface area contributed by atoms with Crippen LogP contribution in [0.1, 0.15) is 69.1 Å². The van der Waals surface area contributed by atoms with Gasteiger partial charge in [0.2, 0.25) is 8.32 Å². The molecule has 1 unspecified atom stereocenters. The van der Waals surface area contributed by atoms with E-state index in [-0.39, 0.29) is 22.1 Å². The van der Waals surface area contributed by atoms with E-state index in [0.717, 1.165) is 16.9 Å². The van der Waals surface area contributed by atoms with Crippen LogP contribution in [0.4, 0.5) is 0 Å². The lowest BCUT2D eigenvalue weighted by atomic mass is 9.94. The normalized spacial score (nSPS) is 17.3. The van der Waals surface area contributed by atoms with Gasteiger partial charge in [-0.05, 0) is 65.6 Å². The Morgan fingerprint density at radius 3 is 1.91 bits per heavy atom. The summed E-state index contributed by atoms with van der Waals surface area (Å²) in [5.74, 6) is 1.22. The van der Waals surface area contributed by atoms with Gasteiger partial charge < -0.3 is 13.6 Å². The van der Waals surface area contributed by atoms with Gasteiger partial charge in [0.25, 0.3) is 8.32 Å². The van der Waals surface area contributed by atoms with Crippen LogP contribution in [0.25, 0.3) is 0 Å². The molecule has 0 aliphatic carbocycles. The lowest BCUT2D eigenvalue weighted by molar-refractivity contribution is 0.0250. The number of rotatable bonds is 5. The van der Waals surface area contributed by atoms with Crippen LogP contribution in [0, 0.1) is 0 Å². The fraction of sp³-hybridized carbons (Fsp3) is 0.519. The Bertz CT molecular complexity index is 1010. The molecule has 0 fully saturated rings. The maximum Gasteiger partial charge on any atom is 0.342 e. The molecular weight excluding hydrogens is 444 g/mol. The molecule has 2 aromatic rings. The minimum Gasteiger partial charge on any atom is -0.544 e. The standard InChI is InChI=1S/C27H40O4Si2/c1-26(2,3)32(7,8)30-21-16-14-19(15-17-21)23-18-20-12-11-13-22(24(20)25(28)29-23)31-33(9,10)27(4,5)6/h11-17,23H,18H2,1-10H3. The van der Waals surface area contributed by atoms with E-state index in [9.17, 15) is 4.79 Å². The van der Waals surface area contributed by atoms with Gasteiger partial charge in [-0.1, -0.05) is 65.8 Å². The molecule has 0 saturated carbocycles. The van der Waals surface area contributed by atoms with Crippen molar-refractivity contribution in [3.63, 3.8) is 0 Å². The first-order valence-electron chi connectivity index (χ1n) is 11.8. The molecule has 0 radical (unpaired) electrons. The zero-order valence-corrected chi connectivity index (χ0v) is 24.0. The van der Waals surface area contributed by atoms with Crippen molar-refractivity contribution in [2.24, 2.45) is 0 Å². The maximum atomic E-state index is 13.1. The van der Waals surface area contributed by atoms with Crippen LogP contribution in [0.15, 0.2) is 42.5 Å². The highest BCUT2D eigenvalue weighted by molar-refractivity contribution is 6.75. The van der Waals surface area contributed by atoms with E-state index in [1.807, 2.05) is 42.5 Å². The minimum absolute atomic E-state index is 0.0467. The number of fused-ring (bicyclic) bond motifs is 1. The van der Waals surface area contributed by atoms with Gasteiger partial charge >= 0.3 is 5.97 Å². The number of hydrogen-bond donors (Lipinski definition) is 0. The SMILES string of the molecule is CC(C)(C)[Si](C)(C)Oc1ccc(C2Cc3cccc(O[Si](C)(C)C(C)(C)C)c3C(=O)O2)cc1. The van der Waals surface area contributed by atoms with Crippen molar-refractivity contribution in [3.8, 4) is 11.5 Å². The van der Waals surface area contributed by atoms with E-state index >= 15 is 0 Å². The number of carbonyl (C=O) groups is 1. The summed E-state index contributed by atoms with van der Waals surface area (Å²) in [4.78, 5) is 13.1. The van der Waals surface area contributed by atoms with Crippen molar-refractivity contribution in [1.82, 2.24) is 0 Å². The summed E-state index contributed by atoms with van der Waals surface area (Å²) in [6, 6.07) is 13.9. The minimum atomic E-state index is -2.07. The Morgan fingerprint density at radius 1 is 0.818 bits per heavy atom. The highest BCUT2D eigenvalue weighted by Gasteiger charge is 2.41. The first-order chi connectivity index (χ1) is 15.0. The van der Waals surface area contributed by atoms with Gasteiger partial charge in [0.05, 0.1) is 0 Å². The summed E-state index contributed by atoms with van der Waals surface area (Å²) < 4.78 is 18.8. The molecule has 1 atom stereocenters. The average molecular weight is 485 g/mol. The summed E-state index contributed by atoms with van der Waals surface area (Å²) in [6.45, 7) is 22.1. The van der Waals surface area contributed by atoms with Crippen molar-refractivity contribution < 1.29 is 18.4 Å². The first kappa shape index (κ1) is 25.6. The summed E-state index contributed by atoms with van der Waals surface area (Å²) in [6.07, 6.45) is 0.327. The smallest absolute Gasteiger partial charge is 0.342 e. The Labute approximate surface area is 201 Å². The van der Waals surface area contributed by atoms with Crippen LogP contribution in [0.2, 0.25) is 36.3 Å². The molecule has 180 valence electrons. The number of benzene rings is 2. The van der Waals surface area contributed by atoms with Crippen molar-refractivity contribution in [1.29, 1.82) is 0 Å². The van der Waals surface area contributed by atoms with Gasteiger partial charge in [-0.15, -0.1) is 0 Å². The third-order valence-electron chi connectivity index (χ3n) is 7.57. The van der Waals surface area contributed by atoms with E-state index in [4.69, 9.17) is 13.6 Å². The zero-order chi connectivity index (χ0) is 24.8. The van der Waals surface area contributed by atoms with Crippen LogP contribution >= 0.6 is 0 Å². The van der Waals surface area contributed by atoms with E-state index in [0.29, 0.717) is 17.7 Å². The highest BCUT2D eigenvalue weighted by atomic mass is 28.4. The van der Waals surface area contributed by atoms with Crippen LogP contribution < -0.4 is 8.85 Å². The van der Waals surface area contributed by atoms with E-state index in [2.05, 4.69) is 67.7 Å². The molecule has 1 heterocycles. The third kappa shape index (κ3) is 5.38. The summed E-state index contributed by atoms with van der Waals surface area (Å²) >= 11 is 0. The monoisotopic (exact) mass is 484 g/mol. The van der Waals surface area contributed by atoms with Gasteiger partial charge in [-0.2, -0.15) is 0 Å². The molecule has 0 spiro atoms. The van der Waals surface area contributed by atoms with Crippen molar-refractivity contribution >= 4 is 22.6 Å². The molecule has 4 nitrogen and oxygen atoms in total. The fourth-order valence-electron chi connectivity index (χ4n) is 3.31.